The third-order valence-corrected chi connectivity index (χ3v) is 3.93. The van der Waals surface area contributed by atoms with Crippen molar-refractivity contribution >= 4 is 45.9 Å². The summed E-state index contributed by atoms with van der Waals surface area (Å²) in [6.45, 7) is 2.52. The highest BCUT2D eigenvalue weighted by atomic mass is 16.6. The van der Waals surface area contributed by atoms with Crippen LogP contribution in [0.3, 0.4) is 0 Å². The largest absolute Gasteiger partial charge is 0.277 e. The minimum atomic E-state index is -0.609. The van der Waals surface area contributed by atoms with Gasteiger partial charge in [0.25, 0.3) is 11.4 Å². The molecule has 0 bridgehead atoms. The summed E-state index contributed by atoms with van der Waals surface area (Å²) in [7, 11) is 0. The van der Waals surface area contributed by atoms with Gasteiger partial charge in [-0.2, -0.15) is 0 Å². The summed E-state index contributed by atoms with van der Waals surface area (Å²) in [6, 6.07) is 7.47. The monoisotopic (exact) mass is 356 g/mol. The van der Waals surface area contributed by atoms with E-state index in [9.17, 15) is 29.8 Å². The zero-order chi connectivity index (χ0) is 19.2. The van der Waals surface area contributed by atoms with E-state index in [4.69, 9.17) is 0 Å². The van der Waals surface area contributed by atoms with Crippen LogP contribution in [-0.2, 0) is 9.59 Å². The van der Waals surface area contributed by atoms with Crippen LogP contribution in [-0.4, -0.2) is 21.7 Å². The van der Waals surface area contributed by atoms with Gasteiger partial charge in [-0.05, 0) is 12.1 Å². The Hall–Kier alpha value is -3.82. The number of nitro benzene ring substituents is 2. The molecule has 0 spiro atoms. The first kappa shape index (κ1) is 17.0. The van der Waals surface area contributed by atoms with Gasteiger partial charge < -0.3 is 0 Å². The number of anilines is 4. The molecule has 1 aliphatic heterocycles. The van der Waals surface area contributed by atoms with Crippen LogP contribution in [0, 0.1) is 20.2 Å². The van der Waals surface area contributed by atoms with Crippen molar-refractivity contribution in [2.45, 2.75) is 13.8 Å². The van der Waals surface area contributed by atoms with E-state index in [1.807, 2.05) is 0 Å². The highest BCUT2D eigenvalue weighted by Crippen LogP contribution is 2.50. The number of benzene rings is 2. The number of fused-ring (bicyclic) bond motifs is 2. The van der Waals surface area contributed by atoms with Crippen molar-refractivity contribution in [3.8, 4) is 0 Å². The van der Waals surface area contributed by atoms with E-state index >= 15 is 0 Å². The van der Waals surface area contributed by atoms with E-state index in [2.05, 4.69) is 0 Å². The Labute approximate surface area is 146 Å². The topological polar surface area (TPSA) is 127 Å². The Morgan fingerprint density at radius 2 is 1.08 bits per heavy atom. The molecule has 0 unspecified atom stereocenters. The van der Waals surface area contributed by atoms with Crippen molar-refractivity contribution < 1.29 is 19.4 Å². The van der Waals surface area contributed by atoms with Crippen molar-refractivity contribution in [1.29, 1.82) is 0 Å². The maximum absolute atomic E-state index is 12.2. The average Bonchev–Trinajstić information content (AvgIpc) is 2.57. The fourth-order valence-corrected chi connectivity index (χ4v) is 2.93. The number of amides is 2. The Morgan fingerprint density at radius 3 is 1.35 bits per heavy atom. The predicted molar refractivity (Wildman–Crippen MR) is 91.8 cm³/mol. The van der Waals surface area contributed by atoms with E-state index < -0.39 is 21.7 Å². The first-order chi connectivity index (χ1) is 12.2. The lowest BCUT2D eigenvalue weighted by Gasteiger charge is -2.36. The minimum Gasteiger partial charge on any atom is -0.277 e. The first-order valence-electron chi connectivity index (χ1n) is 7.40. The number of hydrogen-bond acceptors (Lipinski definition) is 6. The van der Waals surface area contributed by atoms with Crippen molar-refractivity contribution in [3.05, 3.63) is 56.6 Å². The molecule has 3 rings (SSSR count). The molecule has 0 radical (unpaired) electrons. The van der Waals surface area contributed by atoms with E-state index in [0.717, 1.165) is 0 Å². The molecule has 10 heteroatoms. The summed E-state index contributed by atoms with van der Waals surface area (Å²) in [6.07, 6.45) is 0. The number of carbonyl (C=O) groups is 2. The summed E-state index contributed by atoms with van der Waals surface area (Å²) in [5.41, 5.74) is 0.275. The average molecular weight is 356 g/mol. The standard InChI is InChI=1S/C16H12N4O6/c1-9(21)17-13-5-3-12(20(25)26)8-16(13)18(10(2)22)14-6-4-11(19(23)24)7-15(14)17/h3-8H,1-2H3. The molecule has 0 N–H and O–H groups in total. The number of hydrogen-bond donors (Lipinski definition) is 0. The second kappa shape index (κ2) is 5.92. The van der Waals surface area contributed by atoms with Crippen molar-refractivity contribution in [1.82, 2.24) is 0 Å². The highest BCUT2D eigenvalue weighted by molar-refractivity contribution is 6.16. The number of non-ortho nitro benzene ring substituents is 2. The Kier molecular flexibility index (Phi) is 3.87. The third-order valence-electron chi connectivity index (χ3n) is 3.93. The summed E-state index contributed by atoms with van der Waals surface area (Å²) < 4.78 is 0. The fraction of sp³-hybridized carbons (Fsp3) is 0.125. The van der Waals surface area contributed by atoms with Crippen LogP contribution >= 0.6 is 0 Å². The molecule has 0 aromatic heterocycles. The van der Waals surface area contributed by atoms with Crippen LogP contribution in [0.25, 0.3) is 0 Å². The van der Waals surface area contributed by atoms with Crippen molar-refractivity contribution in [2.75, 3.05) is 9.80 Å². The lowest BCUT2D eigenvalue weighted by molar-refractivity contribution is -0.385. The number of nitro groups is 2. The van der Waals surface area contributed by atoms with Gasteiger partial charge in [0.1, 0.15) is 0 Å². The van der Waals surface area contributed by atoms with Gasteiger partial charge in [0.15, 0.2) is 0 Å². The molecule has 2 aromatic carbocycles. The first-order valence-corrected chi connectivity index (χ1v) is 7.40. The number of carbonyl (C=O) groups excluding carboxylic acids is 2. The number of nitrogens with zero attached hydrogens (tertiary/aromatic N) is 4. The molecule has 132 valence electrons. The van der Waals surface area contributed by atoms with E-state index in [1.165, 1.54) is 60.0 Å². The van der Waals surface area contributed by atoms with Crippen LogP contribution < -0.4 is 9.80 Å². The summed E-state index contributed by atoms with van der Waals surface area (Å²) in [5, 5.41) is 22.2. The quantitative estimate of drug-likeness (QED) is 0.600. The molecule has 1 aliphatic rings. The van der Waals surface area contributed by atoms with Gasteiger partial charge >= 0.3 is 0 Å². The van der Waals surface area contributed by atoms with Crippen LogP contribution in [0.2, 0.25) is 0 Å². The lowest BCUT2D eigenvalue weighted by atomic mass is 10.1. The molecule has 0 saturated heterocycles. The van der Waals surface area contributed by atoms with Crippen LogP contribution in [0.1, 0.15) is 13.8 Å². The Bertz CT molecular complexity index is 907. The van der Waals surface area contributed by atoms with Gasteiger partial charge in [0.2, 0.25) is 11.8 Å². The van der Waals surface area contributed by atoms with Crippen molar-refractivity contribution in [3.63, 3.8) is 0 Å². The van der Waals surface area contributed by atoms with Gasteiger partial charge in [0, 0.05) is 38.1 Å². The molecule has 0 saturated carbocycles. The van der Waals surface area contributed by atoms with Gasteiger partial charge in [-0.3, -0.25) is 39.6 Å². The van der Waals surface area contributed by atoms with Gasteiger partial charge in [0.05, 0.1) is 32.6 Å². The molecule has 10 nitrogen and oxygen atoms in total. The Balaban J connectivity index is 2.35. The maximum atomic E-state index is 12.2. The zero-order valence-corrected chi connectivity index (χ0v) is 13.7. The highest BCUT2D eigenvalue weighted by Gasteiger charge is 2.35. The van der Waals surface area contributed by atoms with E-state index in [1.54, 1.807) is 0 Å². The van der Waals surface area contributed by atoms with E-state index in [0.29, 0.717) is 0 Å². The minimum absolute atomic E-state index is 0.156. The molecule has 0 fully saturated rings. The molecule has 2 aromatic rings. The third kappa shape index (κ3) is 2.53. The molecule has 1 heterocycles. The predicted octanol–water partition coefficient (Wildman–Crippen LogP) is 3.19. The summed E-state index contributed by atoms with van der Waals surface area (Å²) >= 11 is 0. The van der Waals surface area contributed by atoms with Crippen molar-refractivity contribution in [2.24, 2.45) is 0 Å². The van der Waals surface area contributed by atoms with Crippen LogP contribution in [0.5, 0.6) is 0 Å². The SMILES string of the molecule is CC(=O)N1c2ccc([N+](=O)[O-])cc2N(C(C)=O)c2ccc([N+](=O)[O-])cc21. The van der Waals surface area contributed by atoms with Crippen LogP contribution in [0.15, 0.2) is 36.4 Å². The zero-order valence-electron chi connectivity index (χ0n) is 13.7. The summed E-state index contributed by atoms with van der Waals surface area (Å²) in [4.78, 5) is 47.8. The second-order valence-corrected chi connectivity index (χ2v) is 5.57. The molecule has 26 heavy (non-hydrogen) atoms. The maximum Gasteiger partial charge on any atom is 0.271 e. The lowest BCUT2D eigenvalue weighted by Crippen LogP contribution is -2.34. The second-order valence-electron chi connectivity index (χ2n) is 5.57. The molecular weight excluding hydrogens is 344 g/mol. The number of rotatable bonds is 2. The summed E-state index contributed by atoms with van der Waals surface area (Å²) in [5.74, 6) is -0.907. The smallest absolute Gasteiger partial charge is 0.271 e. The van der Waals surface area contributed by atoms with Crippen LogP contribution in [0.4, 0.5) is 34.1 Å². The molecule has 0 atom stereocenters. The van der Waals surface area contributed by atoms with Gasteiger partial charge in [-0.15, -0.1) is 0 Å². The van der Waals surface area contributed by atoms with Gasteiger partial charge in [-0.25, -0.2) is 0 Å². The normalized spacial score (nSPS) is 12.2. The molecule has 2 amide bonds. The fourth-order valence-electron chi connectivity index (χ4n) is 2.93. The van der Waals surface area contributed by atoms with Gasteiger partial charge in [-0.1, -0.05) is 0 Å². The Morgan fingerprint density at radius 1 is 0.731 bits per heavy atom. The molecular formula is C16H12N4O6. The molecule has 0 aliphatic carbocycles. The van der Waals surface area contributed by atoms with E-state index in [-0.39, 0.29) is 34.1 Å².